The summed E-state index contributed by atoms with van der Waals surface area (Å²) >= 11 is 12.4. The Hall–Kier alpha value is -2.70. The van der Waals surface area contributed by atoms with Crippen LogP contribution in [0.1, 0.15) is 0 Å². The molecule has 1 fully saturated rings. The van der Waals surface area contributed by atoms with E-state index in [1.807, 2.05) is 0 Å². The molecule has 0 atom stereocenters. The van der Waals surface area contributed by atoms with E-state index in [4.69, 9.17) is 23.2 Å². The minimum Gasteiger partial charge on any atom is -0.352 e. The molecule has 4 rings (SSSR count). The summed E-state index contributed by atoms with van der Waals surface area (Å²) in [5.74, 6) is 0.219. The van der Waals surface area contributed by atoms with Gasteiger partial charge in [0.25, 0.3) is 0 Å². The van der Waals surface area contributed by atoms with Gasteiger partial charge in [0.05, 0.1) is 5.52 Å². The lowest BCUT2D eigenvalue weighted by Crippen LogP contribution is -2.48. The van der Waals surface area contributed by atoms with Crippen LogP contribution in [0.4, 0.5) is 10.2 Å². The van der Waals surface area contributed by atoms with Crippen LogP contribution in [0, 0.1) is 5.82 Å². The van der Waals surface area contributed by atoms with Crippen molar-refractivity contribution < 1.29 is 9.18 Å². The molecule has 0 saturated carbocycles. The van der Waals surface area contributed by atoms with Crippen molar-refractivity contribution in [3.05, 3.63) is 65.2 Å². The van der Waals surface area contributed by atoms with E-state index < -0.39 is 5.82 Å². The van der Waals surface area contributed by atoms with Gasteiger partial charge in [-0.25, -0.2) is 14.4 Å². The zero-order valence-electron chi connectivity index (χ0n) is 15.4. The van der Waals surface area contributed by atoms with Gasteiger partial charge in [-0.2, -0.15) is 0 Å². The molecule has 0 radical (unpaired) electrons. The third kappa shape index (κ3) is 3.78. The summed E-state index contributed by atoms with van der Waals surface area (Å²) in [6.07, 6.45) is 2.81. The van der Waals surface area contributed by atoms with Gasteiger partial charge in [-0.1, -0.05) is 29.8 Å². The highest BCUT2D eigenvalue weighted by Crippen LogP contribution is 2.36. The van der Waals surface area contributed by atoms with Crippen LogP contribution in [0.5, 0.6) is 0 Å². The number of anilines is 1. The molecule has 29 heavy (non-hydrogen) atoms. The van der Waals surface area contributed by atoms with E-state index in [1.165, 1.54) is 18.5 Å². The Labute approximate surface area is 177 Å². The van der Waals surface area contributed by atoms with Crippen LogP contribution >= 0.6 is 23.2 Å². The van der Waals surface area contributed by atoms with Crippen LogP contribution in [0.15, 0.2) is 49.3 Å². The Kier molecular flexibility index (Phi) is 5.39. The predicted molar refractivity (Wildman–Crippen MR) is 114 cm³/mol. The average Bonchev–Trinajstić information content (AvgIpc) is 2.73. The molecule has 3 aromatic rings. The van der Waals surface area contributed by atoms with E-state index in [0.717, 1.165) is 11.2 Å². The first-order chi connectivity index (χ1) is 14.0. The van der Waals surface area contributed by atoms with Gasteiger partial charge in [-0.05, 0) is 36.4 Å². The molecule has 1 amide bonds. The molecule has 2 aromatic carbocycles. The van der Waals surface area contributed by atoms with Crippen LogP contribution in [0.25, 0.3) is 22.0 Å². The molecular formula is C21H17Cl2FN4O. The quantitative estimate of drug-likeness (QED) is 0.570. The van der Waals surface area contributed by atoms with Gasteiger partial charge in [0.1, 0.15) is 18.0 Å². The SMILES string of the molecule is C=CC(=O)N1CCN(c2ncnc3cc(-c4ccc(Cl)cc4F)c(Cl)cc23)CC1. The Morgan fingerprint density at radius 2 is 1.83 bits per heavy atom. The van der Waals surface area contributed by atoms with Crippen LogP contribution < -0.4 is 4.90 Å². The number of halogens is 3. The van der Waals surface area contributed by atoms with Gasteiger partial charge >= 0.3 is 0 Å². The third-order valence-electron chi connectivity index (χ3n) is 4.99. The van der Waals surface area contributed by atoms with E-state index in [0.29, 0.717) is 52.9 Å². The maximum atomic E-state index is 14.4. The fourth-order valence-electron chi connectivity index (χ4n) is 3.50. The van der Waals surface area contributed by atoms with Crippen molar-refractivity contribution in [2.75, 3.05) is 31.1 Å². The van der Waals surface area contributed by atoms with Gasteiger partial charge < -0.3 is 9.80 Å². The molecule has 0 bridgehead atoms. The summed E-state index contributed by atoms with van der Waals surface area (Å²) in [6, 6.07) is 7.99. The second kappa shape index (κ2) is 7.97. The fraction of sp³-hybridized carbons (Fsp3) is 0.190. The number of rotatable bonds is 3. The number of hydrogen-bond donors (Lipinski definition) is 0. The monoisotopic (exact) mass is 430 g/mol. The van der Waals surface area contributed by atoms with E-state index in [1.54, 1.807) is 29.2 Å². The molecule has 2 heterocycles. The first-order valence-electron chi connectivity index (χ1n) is 9.04. The van der Waals surface area contributed by atoms with Crippen LogP contribution in [-0.4, -0.2) is 47.0 Å². The predicted octanol–water partition coefficient (Wildman–Crippen LogP) is 4.58. The molecule has 5 nitrogen and oxygen atoms in total. The minimum atomic E-state index is -0.448. The van der Waals surface area contributed by atoms with Gasteiger partial charge in [0, 0.05) is 52.7 Å². The highest BCUT2D eigenvalue weighted by molar-refractivity contribution is 6.34. The molecule has 1 saturated heterocycles. The largest absolute Gasteiger partial charge is 0.352 e. The summed E-state index contributed by atoms with van der Waals surface area (Å²) in [4.78, 5) is 24.4. The molecule has 0 aliphatic carbocycles. The van der Waals surface area contributed by atoms with Crippen molar-refractivity contribution in [2.45, 2.75) is 0 Å². The summed E-state index contributed by atoms with van der Waals surface area (Å²) in [5.41, 5.74) is 1.56. The van der Waals surface area contributed by atoms with Crippen molar-refractivity contribution in [1.82, 2.24) is 14.9 Å². The van der Waals surface area contributed by atoms with Gasteiger partial charge in [-0.15, -0.1) is 0 Å². The molecule has 148 valence electrons. The first kappa shape index (κ1) is 19.6. The van der Waals surface area contributed by atoms with E-state index in [9.17, 15) is 9.18 Å². The smallest absolute Gasteiger partial charge is 0.246 e. The Balaban J connectivity index is 1.70. The lowest BCUT2D eigenvalue weighted by atomic mass is 10.0. The second-order valence-electron chi connectivity index (χ2n) is 6.69. The van der Waals surface area contributed by atoms with Crippen LogP contribution in [0.2, 0.25) is 10.0 Å². The standard InChI is InChI=1S/C21H17Cl2FN4O/c1-2-20(29)27-5-7-28(8-6-27)21-16-10-17(23)15(11-19(16)25-12-26-21)14-4-3-13(22)9-18(14)24/h2-4,9-12H,1,5-8H2. The summed E-state index contributed by atoms with van der Waals surface area (Å²) in [7, 11) is 0. The number of benzene rings is 2. The first-order valence-corrected chi connectivity index (χ1v) is 9.79. The summed E-state index contributed by atoms with van der Waals surface area (Å²) in [5, 5.41) is 1.50. The van der Waals surface area contributed by atoms with Gasteiger partial charge in [0.15, 0.2) is 0 Å². The van der Waals surface area contributed by atoms with Gasteiger partial charge in [-0.3, -0.25) is 4.79 Å². The average molecular weight is 431 g/mol. The molecule has 1 aliphatic heterocycles. The molecule has 1 aromatic heterocycles. The van der Waals surface area contributed by atoms with Crippen molar-refractivity contribution in [3.8, 4) is 11.1 Å². The minimum absolute atomic E-state index is 0.0742. The lowest BCUT2D eigenvalue weighted by molar-refractivity contribution is -0.126. The number of fused-ring (bicyclic) bond motifs is 1. The molecule has 0 N–H and O–H groups in total. The Morgan fingerprint density at radius 1 is 1.07 bits per heavy atom. The van der Waals surface area contributed by atoms with Crippen molar-refractivity contribution in [3.63, 3.8) is 0 Å². The molecular weight excluding hydrogens is 414 g/mol. The Morgan fingerprint density at radius 3 is 2.52 bits per heavy atom. The van der Waals surface area contributed by atoms with Crippen LogP contribution in [-0.2, 0) is 4.79 Å². The molecule has 8 heteroatoms. The lowest BCUT2D eigenvalue weighted by Gasteiger charge is -2.35. The summed E-state index contributed by atoms with van der Waals surface area (Å²) in [6.45, 7) is 5.97. The zero-order valence-corrected chi connectivity index (χ0v) is 16.9. The molecule has 0 spiro atoms. The zero-order chi connectivity index (χ0) is 20.5. The van der Waals surface area contributed by atoms with Crippen molar-refractivity contribution >= 4 is 45.8 Å². The maximum Gasteiger partial charge on any atom is 0.246 e. The number of aromatic nitrogens is 2. The summed E-state index contributed by atoms with van der Waals surface area (Å²) < 4.78 is 14.4. The number of hydrogen-bond acceptors (Lipinski definition) is 4. The second-order valence-corrected chi connectivity index (χ2v) is 7.53. The maximum absolute atomic E-state index is 14.4. The highest BCUT2D eigenvalue weighted by Gasteiger charge is 2.22. The topological polar surface area (TPSA) is 49.3 Å². The number of piperazine rings is 1. The highest BCUT2D eigenvalue weighted by atomic mass is 35.5. The normalized spacial score (nSPS) is 14.3. The van der Waals surface area contributed by atoms with E-state index >= 15 is 0 Å². The van der Waals surface area contributed by atoms with Gasteiger partial charge in [0.2, 0.25) is 5.91 Å². The van der Waals surface area contributed by atoms with Crippen molar-refractivity contribution in [2.24, 2.45) is 0 Å². The van der Waals surface area contributed by atoms with Crippen molar-refractivity contribution in [1.29, 1.82) is 0 Å². The molecule has 1 aliphatic rings. The molecule has 0 unspecified atom stereocenters. The number of nitrogens with zero attached hydrogens (tertiary/aromatic N) is 4. The van der Waals surface area contributed by atoms with E-state index in [-0.39, 0.29) is 5.91 Å². The number of carbonyl (C=O) groups excluding carboxylic acids is 1. The third-order valence-corrected chi connectivity index (χ3v) is 5.54. The number of amides is 1. The fourth-order valence-corrected chi connectivity index (χ4v) is 3.92. The number of carbonyl (C=O) groups is 1. The van der Waals surface area contributed by atoms with Crippen LogP contribution in [0.3, 0.4) is 0 Å². The Bertz CT molecular complexity index is 1110. The van der Waals surface area contributed by atoms with E-state index in [2.05, 4.69) is 21.4 Å².